The molecule has 1 aromatic rings. The van der Waals surface area contributed by atoms with E-state index in [2.05, 4.69) is 20.9 Å². The SMILES string of the molecule is CCCC(C(=O)OCC)C(O)c1ccc(Br)cn1. The quantitative estimate of drug-likeness (QED) is 0.820. The van der Waals surface area contributed by atoms with Gasteiger partial charge in [0.15, 0.2) is 0 Å². The first kappa shape index (κ1) is 15.1. The van der Waals surface area contributed by atoms with Crippen LogP contribution >= 0.6 is 15.9 Å². The minimum absolute atomic E-state index is 0.319. The number of ether oxygens (including phenoxy) is 1. The number of esters is 1. The Kier molecular flexibility index (Phi) is 6.29. The van der Waals surface area contributed by atoms with E-state index in [9.17, 15) is 9.90 Å². The number of aromatic nitrogens is 1. The molecule has 1 N–H and O–H groups in total. The Hall–Kier alpha value is -0.940. The number of pyridine rings is 1. The Labute approximate surface area is 116 Å². The standard InChI is InChI=1S/C13H18BrNO3/c1-3-5-10(13(17)18-4-2)12(16)11-7-6-9(14)8-15-11/h6-8,10,12,16H,3-5H2,1-2H3. The van der Waals surface area contributed by atoms with Crippen molar-refractivity contribution < 1.29 is 14.6 Å². The normalized spacial score (nSPS) is 14.0. The first-order chi connectivity index (χ1) is 8.60. The number of hydrogen-bond acceptors (Lipinski definition) is 4. The van der Waals surface area contributed by atoms with Gasteiger partial charge < -0.3 is 9.84 Å². The molecule has 0 saturated carbocycles. The van der Waals surface area contributed by atoms with Crippen LogP contribution in [0.1, 0.15) is 38.5 Å². The summed E-state index contributed by atoms with van der Waals surface area (Å²) in [5.74, 6) is -0.916. The molecule has 5 heteroatoms. The van der Waals surface area contributed by atoms with Crippen molar-refractivity contribution in [1.82, 2.24) is 4.98 Å². The van der Waals surface area contributed by atoms with Crippen molar-refractivity contribution in [1.29, 1.82) is 0 Å². The molecule has 0 spiro atoms. The van der Waals surface area contributed by atoms with Gasteiger partial charge in [0.05, 0.1) is 18.2 Å². The number of nitrogens with zero attached hydrogens (tertiary/aromatic N) is 1. The average molecular weight is 316 g/mol. The van der Waals surface area contributed by atoms with Gasteiger partial charge in [-0.25, -0.2) is 0 Å². The zero-order valence-electron chi connectivity index (χ0n) is 10.6. The molecule has 0 radical (unpaired) electrons. The van der Waals surface area contributed by atoms with Crippen LogP contribution in [0.5, 0.6) is 0 Å². The third-order valence-corrected chi connectivity index (χ3v) is 3.09. The number of halogens is 1. The first-order valence-corrected chi connectivity index (χ1v) is 6.85. The maximum absolute atomic E-state index is 11.8. The number of carbonyl (C=O) groups is 1. The summed E-state index contributed by atoms with van der Waals surface area (Å²) < 4.78 is 5.82. The van der Waals surface area contributed by atoms with E-state index in [1.165, 1.54) is 0 Å². The van der Waals surface area contributed by atoms with Gasteiger partial charge in [0.2, 0.25) is 0 Å². The molecule has 18 heavy (non-hydrogen) atoms. The summed E-state index contributed by atoms with van der Waals surface area (Å²) >= 11 is 3.28. The van der Waals surface area contributed by atoms with E-state index in [0.717, 1.165) is 10.9 Å². The second-order valence-electron chi connectivity index (χ2n) is 3.99. The van der Waals surface area contributed by atoms with Crippen LogP contribution in [0.15, 0.2) is 22.8 Å². The molecule has 2 atom stereocenters. The van der Waals surface area contributed by atoms with E-state index in [4.69, 9.17) is 4.74 Å². The van der Waals surface area contributed by atoms with Crippen LogP contribution in [-0.4, -0.2) is 22.7 Å². The molecule has 100 valence electrons. The maximum atomic E-state index is 11.8. The van der Waals surface area contributed by atoms with Crippen LogP contribution in [0.2, 0.25) is 0 Å². The third-order valence-electron chi connectivity index (χ3n) is 2.62. The lowest BCUT2D eigenvalue weighted by Gasteiger charge is -2.20. The summed E-state index contributed by atoms with van der Waals surface area (Å²) in [6.45, 7) is 4.04. The van der Waals surface area contributed by atoms with Gasteiger partial charge in [-0.05, 0) is 41.4 Å². The molecular formula is C13H18BrNO3. The van der Waals surface area contributed by atoms with E-state index in [1.807, 2.05) is 6.92 Å². The fraction of sp³-hybridized carbons (Fsp3) is 0.538. The number of rotatable bonds is 6. The monoisotopic (exact) mass is 315 g/mol. The fourth-order valence-electron chi connectivity index (χ4n) is 1.73. The minimum atomic E-state index is -0.919. The molecular weight excluding hydrogens is 298 g/mol. The van der Waals surface area contributed by atoms with Crippen molar-refractivity contribution >= 4 is 21.9 Å². The second-order valence-corrected chi connectivity index (χ2v) is 4.91. The van der Waals surface area contributed by atoms with Crippen LogP contribution in [-0.2, 0) is 9.53 Å². The molecule has 1 heterocycles. The highest BCUT2D eigenvalue weighted by Gasteiger charge is 2.29. The van der Waals surface area contributed by atoms with E-state index >= 15 is 0 Å². The van der Waals surface area contributed by atoms with Crippen molar-refractivity contribution in [2.75, 3.05) is 6.61 Å². The maximum Gasteiger partial charge on any atom is 0.311 e. The van der Waals surface area contributed by atoms with E-state index in [-0.39, 0.29) is 5.97 Å². The molecule has 0 saturated heterocycles. The first-order valence-electron chi connectivity index (χ1n) is 6.06. The highest BCUT2D eigenvalue weighted by atomic mass is 79.9. The molecule has 1 rings (SSSR count). The molecule has 0 amide bonds. The molecule has 0 fully saturated rings. The zero-order valence-corrected chi connectivity index (χ0v) is 12.2. The van der Waals surface area contributed by atoms with Gasteiger partial charge in [0.25, 0.3) is 0 Å². The van der Waals surface area contributed by atoms with Crippen LogP contribution in [0, 0.1) is 5.92 Å². The van der Waals surface area contributed by atoms with E-state index < -0.39 is 12.0 Å². The lowest BCUT2D eigenvalue weighted by Crippen LogP contribution is -2.25. The molecule has 1 aromatic heterocycles. The van der Waals surface area contributed by atoms with Crippen LogP contribution in [0.4, 0.5) is 0 Å². The minimum Gasteiger partial charge on any atom is -0.466 e. The summed E-state index contributed by atoms with van der Waals surface area (Å²) in [5.41, 5.74) is 0.490. The summed E-state index contributed by atoms with van der Waals surface area (Å²) in [4.78, 5) is 15.9. The second kappa shape index (κ2) is 7.48. The van der Waals surface area contributed by atoms with Gasteiger partial charge >= 0.3 is 5.97 Å². The Morgan fingerprint density at radius 2 is 2.22 bits per heavy atom. The molecule has 0 bridgehead atoms. The van der Waals surface area contributed by atoms with E-state index in [0.29, 0.717) is 18.7 Å². The van der Waals surface area contributed by atoms with Crippen molar-refractivity contribution in [3.63, 3.8) is 0 Å². The fourth-order valence-corrected chi connectivity index (χ4v) is 1.97. The van der Waals surface area contributed by atoms with Gasteiger partial charge in [0, 0.05) is 10.7 Å². The predicted octanol–water partition coefficient (Wildman–Crippen LogP) is 2.86. The van der Waals surface area contributed by atoms with Crippen molar-refractivity contribution in [3.05, 3.63) is 28.5 Å². The summed E-state index contributed by atoms with van der Waals surface area (Å²) in [6.07, 6.45) is 2.07. The highest BCUT2D eigenvalue weighted by molar-refractivity contribution is 9.10. The number of carbonyl (C=O) groups excluding carboxylic acids is 1. The van der Waals surface area contributed by atoms with Crippen LogP contribution in [0.3, 0.4) is 0 Å². The average Bonchev–Trinajstić information content (AvgIpc) is 2.36. The van der Waals surface area contributed by atoms with Gasteiger partial charge in [0.1, 0.15) is 6.10 Å². The number of aliphatic hydroxyl groups is 1. The van der Waals surface area contributed by atoms with Gasteiger partial charge in [-0.15, -0.1) is 0 Å². The van der Waals surface area contributed by atoms with Gasteiger partial charge in [-0.1, -0.05) is 13.3 Å². The third kappa shape index (κ3) is 4.07. The summed E-state index contributed by atoms with van der Waals surface area (Å²) in [5, 5.41) is 10.2. The summed E-state index contributed by atoms with van der Waals surface area (Å²) in [6, 6.07) is 3.50. The lowest BCUT2D eigenvalue weighted by atomic mass is 9.94. The van der Waals surface area contributed by atoms with Gasteiger partial charge in [-0.3, -0.25) is 9.78 Å². The Bertz CT molecular complexity index is 380. The number of aliphatic hydroxyl groups excluding tert-OH is 1. The molecule has 0 aromatic carbocycles. The number of hydrogen-bond donors (Lipinski definition) is 1. The van der Waals surface area contributed by atoms with Crippen molar-refractivity contribution in [2.45, 2.75) is 32.8 Å². The molecule has 4 nitrogen and oxygen atoms in total. The van der Waals surface area contributed by atoms with Crippen LogP contribution < -0.4 is 0 Å². The zero-order chi connectivity index (χ0) is 13.5. The lowest BCUT2D eigenvalue weighted by molar-refractivity contribution is -0.152. The Morgan fingerprint density at radius 3 is 2.72 bits per heavy atom. The van der Waals surface area contributed by atoms with Crippen molar-refractivity contribution in [3.8, 4) is 0 Å². The van der Waals surface area contributed by atoms with E-state index in [1.54, 1.807) is 25.3 Å². The predicted molar refractivity (Wildman–Crippen MR) is 71.9 cm³/mol. The smallest absolute Gasteiger partial charge is 0.311 e. The Balaban J connectivity index is 2.84. The van der Waals surface area contributed by atoms with Crippen LogP contribution in [0.25, 0.3) is 0 Å². The topological polar surface area (TPSA) is 59.4 Å². The summed E-state index contributed by atoms with van der Waals surface area (Å²) in [7, 11) is 0. The molecule has 2 unspecified atom stereocenters. The molecule has 0 aliphatic rings. The van der Waals surface area contributed by atoms with Crippen molar-refractivity contribution in [2.24, 2.45) is 5.92 Å². The molecule has 0 aliphatic carbocycles. The molecule has 0 aliphatic heterocycles. The van der Waals surface area contributed by atoms with Gasteiger partial charge in [-0.2, -0.15) is 0 Å². The highest BCUT2D eigenvalue weighted by Crippen LogP contribution is 2.26. The Morgan fingerprint density at radius 1 is 1.50 bits per heavy atom. The largest absolute Gasteiger partial charge is 0.466 e.